The molecule has 0 heterocycles. The van der Waals surface area contributed by atoms with Crippen LogP contribution in [0.5, 0.6) is 0 Å². The number of benzene rings is 1. The van der Waals surface area contributed by atoms with E-state index in [0.29, 0.717) is 11.6 Å². The van der Waals surface area contributed by atoms with Gasteiger partial charge in [0.1, 0.15) is 0 Å². The van der Waals surface area contributed by atoms with Crippen LogP contribution in [0.15, 0.2) is 24.3 Å². The fourth-order valence-corrected chi connectivity index (χ4v) is 1.52. The molecule has 2 amide bonds. The Hall–Kier alpha value is -1.55. The van der Waals surface area contributed by atoms with Crippen molar-refractivity contribution in [2.45, 2.75) is 19.3 Å². The zero-order valence-corrected chi connectivity index (χ0v) is 10.5. The second-order valence-electron chi connectivity index (χ2n) is 4.44. The topological polar surface area (TPSA) is 72.2 Å². The van der Waals surface area contributed by atoms with Crippen molar-refractivity contribution in [3.63, 3.8) is 0 Å². The third-order valence-corrected chi connectivity index (χ3v) is 2.79. The van der Waals surface area contributed by atoms with Crippen LogP contribution in [0.1, 0.15) is 19.4 Å². The second-order valence-corrected chi connectivity index (χ2v) is 4.87. The molecule has 0 saturated heterocycles. The van der Waals surface area contributed by atoms with Crippen molar-refractivity contribution in [2.75, 3.05) is 6.54 Å². The lowest BCUT2D eigenvalue weighted by Crippen LogP contribution is -2.42. The Morgan fingerprint density at radius 3 is 2.29 bits per heavy atom. The van der Waals surface area contributed by atoms with Gasteiger partial charge >= 0.3 is 11.8 Å². The number of rotatable bonds is 3. The van der Waals surface area contributed by atoms with Crippen LogP contribution in [0.3, 0.4) is 0 Å². The lowest BCUT2D eigenvalue weighted by molar-refractivity contribution is -0.137. The van der Waals surface area contributed by atoms with Crippen molar-refractivity contribution in [3.8, 4) is 0 Å². The Bertz CT molecular complexity index is 427. The van der Waals surface area contributed by atoms with Gasteiger partial charge in [0.25, 0.3) is 0 Å². The van der Waals surface area contributed by atoms with E-state index in [9.17, 15) is 9.59 Å². The molecule has 92 valence electrons. The molecule has 1 aromatic rings. The van der Waals surface area contributed by atoms with Crippen LogP contribution in [0.2, 0.25) is 5.02 Å². The summed E-state index contributed by atoms with van der Waals surface area (Å²) < 4.78 is 0. The molecular formula is C12H15ClN2O2. The average Bonchev–Trinajstić information content (AvgIpc) is 2.26. The quantitative estimate of drug-likeness (QED) is 0.796. The van der Waals surface area contributed by atoms with E-state index in [1.54, 1.807) is 12.1 Å². The molecule has 0 bridgehead atoms. The Kier molecular flexibility index (Phi) is 4.12. The van der Waals surface area contributed by atoms with Gasteiger partial charge in [-0.25, -0.2) is 0 Å². The maximum absolute atomic E-state index is 11.1. The summed E-state index contributed by atoms with van der Waals surface area (Å²) in [6.45, 7) is 4.24. The molecule has 0 aliphatic heterocycles. The van der Waals surface area contributed by atoms with E-state index in [1.807, 2.05) is 26.0 Å². The van der Waals surface area contributed by atoms with E-state index >= 15 is 0 Å². The van der Waals surface area contributed by atoms with Crippen LogP contribution >= 0.6 is 11.6 Å². The minimum atomic E-state index is -0.975. The molecule has 0 spiro atoms. The molecule has 0 aliphatic rings. The first-order chi connectivity index (χ1) is 7.83. The number of halogens is 1. The fourth-order valence-electron chi connectivity index (χ4n) is 1.39. The molecule has 0 fully saturated rings. The summed E-state index contributed by atoms with van der Waals surface area (Å²) in [7, 11) is 0. The predicted octanol–water partition coefficient (Wildman–Crippen LogP) is 1.22. The SMILES string of the molecule is CC(C)(CNC(=O)C(N)=O)c1ccc(Cl)cc1. The highest BCUT2D eigenvalue weighted by atomic mass is 35.5. The molecule has 0 unspecified atom stereocenters. The molecule has 3 N–H and O–H groups in total. The van der Waals surface area contributed by atoms with Crippen LogP contribution in [-0.4, -0.2) is 18.4 Å². The zero-order valence-electron chi connectivity index (χ0n) is 9.79. The smallest absolute Gasteiger partial charge is 0.309 e. The summed E-state index contributed by atoms with van der Waals surface area (Å²) in [6, 6.07) is 7.35. The average molecular weight is 255 g/mol. The normalized spacial score (nSPS) is 11.0. The van der Waals surface area contributed by atoms with Crippen molar-refractivity contribution in [2.24, 2.45) is 5.73 Å². The first-order valence-electron chi connectivity index (χ1n) is 5.16. The van der Waals surface area contributed by atoms with E-state index in [1.165, 1.54) is 0 Å². The van der Waals surface area contributed by atoms with Crippen molar-refractivity contribution in [1.82, 2.24) is 5.32 Å². The monoisotopic (exact) mass is 254 g/mol. The highest BCUT2D eigenvalue weighted by Crippen LogP contribution is 2.23. The van der Waals surface area contributed by atoms with E-state index in [2.05, 4.69) is 5.32 Å². The molecule has 0 aromatic heterocycles. The molecule has 0 aliphatic carbocycles. The van der Waals surface area contributed by atoms with Gasteiger partial charge in [0.05, 0.1) is 0 Å². The third-order valence-electron chi connectivity index (χ3n) is 2.54. The summed E-state index contributed by atoms with van der Waals surface area (Å²) >= 11 is 5.80. The van der Waals surface area contributed by atoms with Crippen LogP contribution in [0.4, 0.5) is 0 Å². The fraction of sp³-hybridized carbons (Fsp3) is 0.333. The Balaban J connectivity index is 2.71. The molecule has 1 aromatic carbocycles. The van der Waals surface area contributed by atoms with Crippen molar-refractivity contribution < 1.29 is 9.59 Å². The van der Waals surface area contributed by atoms with Gasteiger partial charge in [0.15, 0.2) is 0 Å². The van der Waals surface area contributed by atoms with Crippen molar-refractivity contribution >= 4 is 23.4 Å². The Morgan fingerprint density at radius 2 is 1.82 bits per heavy atom. The van der Waals surface area contributed by atoms with Crippen molar-refractivity contribution in [3.05, 3.63) is 34.9 Å². The largest absolute Gasteiger partial charge is 0.361 e. The Labute approximate surface area is 105 Å². The highest BCUT2D eigenvalue weighted by molar-refractivity contribution is 6.34. The minimum Gasteiger partial charge on any atom is -0.361 e. The number of nitrogens with two attached hydrogens (primary N) is 1. The van der Waals surface area contributed by atoms with Crippen LogP contribution in [-0.2, 0) is 15.0 Å². The minimum absolute atomic E-state index is 0.296. The number of hydrogen-bond donors (Lipinski definition) is 2. The van der Waals surface area contributed by atoms with Gasteiger partial charge in [-0.2, -0.15) is 0 Å². The van der Waals surface area contributed by atoms with Gasteiger partial charge in [-0.1, -0.05) is 37.6 Å². The standard InChI is InChI=1S/C12H15ClN2O2/c1-12(2,7-15-11(17)10(14)16)8-3-5-9(13)6-4-8/h3-6H,7H2,1-2H3,(H2,14,16)(H,15,17). The highest BCUT2D eigenvalue weighted by Gasteiger charge is 2.22. The maximum atomic E-state index is 11.1. The first kappa shape index (κ1) is 13.5. The summed E-state index contributed by atoms with van der Waals surface area (Å²) in [5, 5.41) is 3.15. The molecule has 1 rings (SSSR count). The molecule has 5 heteroatoms. The molecular weight excluding hydrogens is 240 g/mol. The van der Waals surface area contributed by atoms with Gasteiger partial charge < -0.3 is 11.1 Å². The lowest BCUT2D eigenvalue weighted by atomic mass is 9.84. The van der Waals surface area contributed by atoms with Crippen LogP contribution < -0.4 is 11.1 Å². The summed E-state index contributed by atoms with van der Waals surface area (Å²) in [4.78, 5) is 21.7. The van der Waals surface area contributed by atoms with Gasteiger partial charge in [-0.05, 0) is 17.7 Å². The number of hydrogen-bond acceptors (Lipinski definition) is 2. The van der Waals surface area contributed by atoms with Gasteiger partial charge in [-0.15, -0.1) is 0 Å². The first-order valence-corrected chi connectivity index (χ1v) is 5.54. The lowest BCUT2D eigenvalue weighted by Gasteiger charge is -2.25. The van der Waals surface area contributed by atoms with Crippen LogP contribution in [0.25, 0.3) is 0 Å². The molecule has 17 heavy (non-hydrogen) atoms. The van der Waals surface area contributed by atoms with Gasteiger partial charge in [0.2, 0.25) is 0 Å². The van der Waals surface area contributed by atoms with Gasteiger partial charge in [0, 0.05) is 17.0 Å². The predicted molar refractivity (Wildman–Crippen MR) is 66.7 cm³/mol. The maximum Gasteiger partial charge on any atom is 0.309 e. The zero-order chi connectivity index (χ0) is 13.1. The number of carbonyl (C=O) groups is 2. The molecule has 4 nitrogen and oxygen atoms in total. The summed E-state index contributed by atoms with van der Waals surface area (Å²) in [5.74, 6) is -1.75. The molecule has 0 radical (unpaired) electrons. The van der Waals surface area contributed by atoms with Crippen molar-refractivity contribution in [1.29, 1.82) is 0 Å². The summed E-state index contributed by atoms with van der Waals surface area (Å²) in [5.41, 5.74) is 5.58. The number of primary amides is 1. The number of amides is 2. The van der Waals surface area contributed by atoms with E-state index in [0.717, 1.165) is 5.56 Å². The van der Waals surface area contributed by atoms with E-state index in [4.69, 9.17) is 17.3 Å². The molecule has 0 saturated carbocycles. The second kappa shape index (κ2) is 5.19. The molecule has 0 atom stereocenters. The third kappa shape index (κ3) is 3.75. The Morgan fingerprint density at radius 1 is 1.29 bits per heavy atom. The number of carbonyl (C=O) groups excluding carboxylic acids is 2. The van der Waals surface area contributed by atoms with Gasteiger partial charge in [-0.3, -0.25) is 9.59 Å². The van der Waals surface area contributed by atoms with E-state index in [-0.39, 0.29) is 5.41 Å². The van der Waals surface area contributed by atoms with E-state index < -0.39 is 11.8 Å². The number of nitrogens with one attached hydrogen (secondary N) is 1. The summed E-state index contributed by atoms with van der Waals surface area (Å²) in [6.07, 6.45) is 0. The van der Waals surface area contributed by atoms with Crippen LogP contribution in [0, 0.1) is 0 Å².